The third-order valence-electron chi connectivity index (χ3n) is 2.58. The lowest BCUT2D eigenvalue weighted by atomic mass is 10.00. The van der Waals surface area contributed by atoms with E-state index in [1.54, 1.807) is 7.05 Å². The Balaban J connectivity index is 4.24. The molecular formula is C13H28N2O. The summed E-state index contributed by atoms with van der Waals surface area (Å²) >= 11 is 0. The second-order valence-electron chi connectivity index (χ2n) is 5.49. The monoisotopic (exact) mass is 228 g/mol. The first-order chi connectivity index (χ1) is 7.36. The van der Waals surface area contributed by atoms with Gasteiger partial charge >= 0.3 is 0 Å². The summed E-state index contributed by atoms with van der Waals surface area (Å²) in [5.74, 6) is 1.29. The highest BCUT2D eigenvalue weighted by Gasteiger charge is 2.20. The minimum atomic E-state index is -0.0567. The topological polar surface area (TPSA) is 41.1 Å². The fraction of sp³-hybridized carbons (Fsp3) is 0.923. The van der Waals surface area contributed by atoms with Crippen molar-refractivity contribution in [2.24, 2.45) is 11.8 Å². The Hall–Kier alpha value is -0.570. The van der Waals surface area contributed by atoms with Crippen LogP contribution < -0.4 is 10.6 Å². The molecule has 1 amide bonds. The molecule has 96 valence electrons. The van der Waals surface area contributed by atoms with Crippen molar-refractivity contribution in [3.63, 3.8) is 0 Å². The summed E-state index contributed by atoms with van der Waals surface area (Å²) in [5.41, 5.74) is 0. The van der Waals surface area contributed by atoms with Gasteiger partial charge in [0, 0.05) is 13.1 Å². The van der Waals surface area contributed by atoms with Crippen LogP contribution in [0.4, 0.5) is 0 Å². The normalized spacial score (nSPS) is 15.2. The van der Waals surface area contributed by atoms with Gasteiger partial charge in [-0.1, -0.05) is 27.7 Å². The maximum atomic E-state index is 11.7. The molecule has 0 heterocycles. The van der Waals surface area contributed by atoms with Gasteiger partial charge in [0.25, 0.3) is 0 Å². The zero-order valence-corrected chi connectivity index (χ0v) is 11.6. The van der Waals surface area contributed by atoms with E-state index in [0.29, 0.717) is 17.9 Å². The molecule has 0 spiro atoms. The quantitative estimate of drug-likeness (QED) is 0.701. The molecule has 0 aromatic rings. The lowest BCUT2D eigenvalue weighted by Gasteiger charge is -2.24. The molecule has 0 saturated heterocycles. The van der Waals surface area contributed by atoms with Crippen molar-refractivity contribution in [2.45, 2.75) is 59.5 Å². The molecule has 0 aromatic carbocycles. The molecule has 0 aromatic heterocycles. The van der Waals surface area contributed by atoms with Crippen LogP contribution in [-0.4, -0.2) is 25.0 Å². The smallest absolute Gasteiger partial charge is 0.236 e. The van der Waals surface area contributed by atoms with E-state index >= 15 is 0 Å². The molecule has 2 atom stereocenters. The predicted molar refractivity (Wildman–Crippen MR) is 69.4 cm³/mol. The molecule has 0 rings (SSSR count). The molecule has 0 aliphatic carbocycles. The van der Waals surface area contributed by atoms with Crippen molar-refractivity contribution >= 4 is 5.91 Å². The number of likely N-dealkylation sites (N-methyl/N-ethyl adjacent to an activating group) is 1. The molecule has 0 aliphatic rings. The fourth-order valence-corrected chi connectivity index (χ4v) is 2.01. The fourth-order valence-electron chi connectivity index (χ4n) is 2.01. The highest BCUT2D eigenvalue weighted by atomic mass is 16.2. The highest BCUT2D eigenvalue weighted by Crippen LogP contribution is 2.09. The van der Waals surface area contributed by atoms with E-state index in [2.05, 4.69) is 45.3 Å². The lowest BCUT2D eigenvalue weighted by molar-refractivity contribution is -0.123. The van der Waals surface area contributed by atoms with E-state index in [1.807, 2.05) is 0 Å². The van der Waals surface area contributed by atoms with Crippen LogP contribution >= 0.6 is 0 Å². The summed E-state index contributed by atoms with van der Waals surface area (Å²) in [6, 6.07) is 0.333. The van der Waals surface area contributed by atoms with Crippen molar-refractivity contribution in [1.29, 1.82) is 0 Å². The number of hydrogen-bond donors (Lipinski definition) is 2. The van der Waals surface area contributed by atoms with Crippen LogP contribution in [0.15, 0.2) is 0 Å². The number of carbonyl (C=O) groups excluding carboxylic acids is 1. The predicted octanol–water partition coefficient (Wildman–Crippen LogP) is 2.17. The summed E-state index contributed by atoms with van der Waals surface area (Å²) in [7, 11) is 1.70. The van der Waals surface area contributed by atoms with Crippen molar-refractivity contribution in [3.05, 3.63) is 0 Å². The molecule has 2 N–H and O–H groups in total. The second kappa shape index (κ2) is 7.66. The van der Waals surface area contributed by atoms with Crippen molar-refractivity contribution in [2.75, 3.05) is 7.05 Å². The number of amides is 1. The molecule has 2 unspecified atom stereocenters. The minimum absolute atomic E-state index is 0.0567. The average Bonchev–Trinajstić information content (AvgIpc) is 2.13. The van der Waals surface area contributed by atoms with Gasteiger partial charge in [0.2, 0.25) is 5.91 Å². The average molecular weight is 228 g/mol. The largest absolute Gasteiger partial charge is 0.358 e. The SMILES string of the molecule is CNC(=O)C(CC(C)C)NC(C)CC(C)C. The minimum Gasteiger partial charge on any atom is -0.358 e. The van der Waals surface area contributed by atoms with E-state index in [4.69, 9.17) is 0 Å². The number of hydrogen-bond acceptors (Lipinski definition) is 2. The van der Waals surface area contributed by atoms with Gasteiger partial charge in [-0.05, 0) is 31.6 Å². The highest BCUT2D eigenvalue weighted by molar-refractivity contribution is 5.81. The summed E-state index contributed by atoms with van der Waals surface area (Å²) < 4.78 is 0. The summed E-state index contributed by atoms with van der Waals surface area (Å²) in [4.78, 5) is 11.7. The van der Waals surface area contributed by atoms with Gasteiger partial charge in [-0.3, -0.25) is 4.79 Å². The van der Waals surface area contributed by atoms with Crippen molar-refractivity contribution in [3.8, 4) is 0 Å². The van der Waals surface area contributed by atoms with Crippen LogP contribution in [0, 0.1) is 11.8 Å². The lowest BCUT2D eigenvalue weighted by Crippen LogP contribution is -2.47. The molecule has 3 nitrogen and oxygen atoms in total. The van der Waals surface area contributed by atoms with Gasteiger partial charge in [0.05, 0.1) is 6.04 Å². The molecule has 3 heteroatoms. The van der Waals surface area contributed by atoms with Gasteiger partial charge in [-0.15, -0.1) is 0 Å². The first kappa shape index (κ1) is 15.4. The Morgan fingerprint density at radius 1 is 1.00 bits per heavy atom. The van der Waals surface area contributed by atoms with Gasteiger partial charge in [0.1, 0.15) is 0 Å². The third-order valence-corrected chi connectivity index (χ3v) is 2.58. The molecule has 16 heavy (non-hydrogen) atoms. The van der Waals surface area contributed by atoms with E-state index < -0.39 is 0 Å². The van der Waals surface area contributed by atoms with Crippen molar-refractivity contribution < 1.29 is 4.79 Å². The van der Waals surface area contributed by atoms with Gasteiger partial charge in [0.15, 0.2) is 0 Å². The second-order valence-corrected chi connectivity index (χ2v) is 5.49. The van der Waals surface area contributed by atoms with Gasteiger partial charge in [-0.25, -0.2) is 0 Å². The molecular weight excluding hydrogens is 200 g/mol. The number of rotatable bonds is 7. The van der Waals surface area contributed by atoms with Crippen LogP contribution in [-0.2, 0) is 4.79 Å². The van der Waals surface area contributed by atoms with Crippen LogP contribution in [0.25, 0.3) is 0 Å². The number of nitrogens with one attached hydrogen (secondary N) is 2. The Bertz CT molecular complexity index is 202. The van der Waals surface area contributed by atoms with Crippen LogP contribution in [0.3, 0.4) is 0 Å². The van der Waals surface area contributed by atoms with Crippen LogP contribution in [0.1, 0.15) is 47.5 Å². The Kier molecular flexibility index (Phi) is 7.39. The zero-order chi connectivity index (χ0) is 12.7. The molecule has 0 saturated carbocycles. The first-order valence-electron chi connectivity index (χ1n) is 6.34. The van der Waals surface area contributed by atoms with E-state index in [-0.39, 0.29) is 11.9 Å². The van der Waals surface area contributed by atoms with Gasteiger partial charge in [-0.2, -0.15) is 0 Å². The Labute approximate surface area is 100 Å². The summed E-state index contributed by atoms with van der Waals surface area (Å²) in [5, 5.41) is 6.15. The molecule has 0 bridgehead atoms. The maximum Gasteiger partial charge on any atom is 0.236 e. The zero-order valence-electron chi connectivity index (χ0n) is 11.6. The third kappa shape index (κ3) is 6.83. The molecule has 0 fully saturated rings. The van der Waals surface area contributed by atoms with Crippen LogP contribution in [0.5, 0.6) is 0 Å². The summed E-state index contributed by atoms with van der Waals surface area (Å²) in [6.07, 6.45) is 1.99. The van der Waals surface area contributed by atoms with E-state index in [1.165, 1.54) is 0 Å². The first-order valence-corrected chi connectivity index (χ1v) is 6.34. The maximum absolute atomic E-state index is 11.7. The van der Waals surface area contributed by atoms with E-state index in [9.17, 15) is 4.79 Å². The van der Waals surface area contributed by atoms with Crippen LogP contribution in [0.2, 0.25) is 0 Å². The summed E-state index contributed by atoms with van der Waals surface area (Å²) in [6.45, 7) is 10.8. The van der Waals surface area contributed by atoms with E-state index in [0.717, 1.165) is 12.8 Å². The Morgan fingerprint density at radius 2 is 1.50 bits per heavy atom. The standard InChI is InChI=1S/C13H28N2O/c1-9(2)7-11(5)15-12(8-10(3)4)13(16)14-6/h9-12,15H,7-8H2,1-6H3,(H,14,16). The molecule has 0 aliphatic heterocycles. The van der Waals surface area contributed by atoms with Gasteiger partial charge < -0.3 is 10.6 Å². The van der Waals surface area contributed by atoms with Crippen molar-refractivity contribution in [1.82, 2.24) is 10.6 Å². The number of carbonyl (C=O) groups is 1. The molecule has 0 radical (unpaired) electrons. The Morgan fingerprint density at radius 3 is 1.88 bits per heavy atom.